The number of hydrogen-bond acceptors (Lipinski definition) is 4. The molecule has 0 N–H and O–H groups in total. The summed E-state index contributed by atoms with van der Waals surface area (Å²) in [4.78, 5) is 10.1. The molecule has 4 nitrogen and oxygen atoms in total. The molecule has 0 unspecified atom stereocenters. The Morgan fingerprint density at radius 2 is 0.253 bits per heavy atom. The molecule has 704 valence electrons. The Kier molecular flexibility index (Phi) is 22.8. The van der Waals surface area contributed by atoms with Crippen LogP contribution in [-0.2, 0) is 10.8 Å². The Labute approximate surface area is 876 Å². The van der Waals surface area contributed by atoms with Crippen LogP contribution in [0.1, 0.15) is 44.5 Å². The first-order valence-corrected chi connectivity index (χ1v) is 51.8. The number of nitrogens with zero attached hydrogens (tertiary/aromatic N) is 4. The fourth-order valence-electron chi connectivity index (χ4n) is 24.7. The molecule has 2 spiro atoms. The minimum Gasteiger partial charge on any atom is -0.310 e. The molecule has 0 fully saturated rings. The Balaban J connectivity index is 0.000000148. The highest BCUT2D eigenvalue weighted by molar-refractivity contribution is 6.10. The van der Waals surface area contributed by atoms with E-state index in [0.29, 0.717) is 0 Å². The first-order valence-electron chi connectivity index (χ1n) is 51.8. The SMILES string of the molecule is c1ccc(-c2cccc(N(c3cccc(-c4ccccc4)c3)c3cccc4c3-c3ccccc3C43c4ccccc4-c4c(N(c5cccc(-c6ccccc6)c5)c5cccc(-c6ccccc6)c5)cccc43)c2)cc1.c1ccc(-c2ccccc2N(c2ccccc2-c2ccccc2)c2cccc3c2-c2ccccc2C32c3ccccc3-c3c(N(c4ccccc4-c4ccccc4)c4ccccc4-c4ccccc4)cccc32)cc1. The van der Waals surface area contributed by atoms with Gasteiger partial charge in [-0.15, -0.1) is 0 Å². The van der Waals surface area contributed by atoms with Gasteiger partial charge in [0.15, 0.2) is 0 Å². The molecule has 0 saturated heterocycles. The van der Waals surface area contributed by atoms with Crippen LogP contribution in [0.2, 0.25) is 0 Å². The third kappa shape index (κ3) is 15.0. The monoisotopic (exact) mass is 1910 g/mol. The molecule has 0 heterocycles. The van der Waals surface area contributed by atoms with Crippen LogP contribution in [0.4, 0.5) is 68.2 Å². The number of rotatable bonds is 20. The molecule has 0 saturated carbocycles. The Morgan fingerprint density at radius 1 is 0.100 bits per heavy atom. The van der Waals surface area contributed by atoms with Gasteiger partial charge in [0.05, 0.1) is 56.3 Å². The van der Waals surface area contributed by atoms with Crippen LogP contribution < -0.4 is 19.6 Å². The second-order valence-corrected chi connectivity index (χ2v) is 39.0. The second kappa shape index (κ2) is 38.2. The van der Waals surface area contributed by atoms with E-state index >= 15 is 0 Å². The maximum absolute atomic E-state index is 2.54. The molecular formula is C146H100N4. The van der Waals surface area contributed by atoms with E-state index in [-0.39, 0.29) is 0 Å². The van der Waals surface area contributed by atoms with Crippen molar-refractivity contribution in [2.75, 3.05) is 19.6 Å². The average Bonchev–Trinajstić information content (AvgIpc) is 1.50. The van der Waals surface area contributed by atoms with Gasteiger partial charge in [0.1, 0.15) is 0 Å². The molecule has 0 bridgehead atoms. The Hall–Kier alpha value is -19.5. The average molecular weight is 1910 g/mol. The van der Waals surface area contributed by atoms with Crippen molar-refractivity contribution >= 4 is 68.2 Å². The molecule has 0 amide bonds. The van der Waals surface area contributed by atoms with Crippen molar-refractivity contribution in [3.05, 3.63) is 651 Å². The fourth-order valence-corrected chi connectivity index (χ4v) is 24.7. The first-order chi connectivity index (χ1) is 74.5. The van der Waals surface area contributed by atoms with Crippen molar-refractivity contribution in [2.45, 2.75) is 10.8 Å². The van der Waals surface area contributed by atoms with Gasteiger partial charge in [0.25, 0.3) is 0 Å². The predicted molar refractivity (Wildman–Crippen MR) is 628 cm³/mol. The van der Waals surface area contributed by atoms with Gasteiger partial charge >= 0.3 is 0 Å². The van der Waals surface area contributed by atoms with Gasteiger partial charge in [-0.1, -0.05) is 510 Å². The molecule has 0 radical (unpaired) electrons. The van der Waals surface area contributed by atoms with E-state index in [1.165, 1.54) is 134 Å². The van der Waals surface area contributed by atoms with E-state index < -0.39 is 10.8 Å². The van der Waals surface area contributed by atoms with Crippen LogP contribution in [0.25, 0.3) is 134 Å². The molecular weight excluding hydrogens is 1810 g/mol. The molecule has 0 aromatic heterocycles. The predicted octanol–water partition coefficient (Wildman–Crippen LogP) is 39.3. The summed E-state index contributed by atoms with van der Waals surface area (Å²) in [7, 11) is 0. The standard InChI is InChI=1S/2C73H50N2/c1-5-27-51(28-6-1)55-35-15-21-45-65(55)74(66-46-22-16-36-56(66)52-29-7-2-8-30-52)69-49-25-43-63-71(69)59-39-13-19-41-61(59)73(63)62-42-20-14-40-60(62)72-64(73)44-26-50-70(72)75(67-47-23-17-37-57(67)53-31-9-3-10-32-53)68-48-24-18-38-58(68)54-33-11-4-12-34-54;1-5-23-51(24-6-1)55-31-17-35-59(47-55)74(60-36-18-32-56(48-60)52-25-7-2-8-26-52)69-45-21-43-67-71(69)63-39-13-15-41-65(63)73(67)66-42-16-14-40-64(66)72-68(73)44-22-46-70(72)75(61-37-19-33-57(49-61)53-27-9-3-10-28-53)62-38-20-34-58(50-62)54-29-11-4-12-30-54/h2*1-50H. The molecule has 24 aromatic rings. The summed E-state index contributed by atoms with van der Waals surface area (Å²) in [6.07, 6.45) is 0. The topological polar surface area (TPSA) is 13.0 Å². The number of fused-ring (bicyclic) bond motifs is 20. The summed E-state index contributed by atoms with van der Waals surface area (Å²) in [6, 6.07) is 223. The van der Waals surface area contributed by atoms with Crippen LogP contribution in [0.3, 0.4) is 0 Å². The molecule has 0 aliphatic heterocycles. The van der Waals surface area contributed by atoms with Gasteiger partial charge in [-0.3, -0.25) is 0 Å². The van der Waals surface area contributed by atoms with E-state index in [1.807, 2.05) is 0 Å². The van der Waals surface area contributed by atoms with Gasteiger partial charge in [-0.25, -0.2) is 0 Å². The van der Waals surface area contributed by atoms with E-state index in [9.17, 15) is 0 Å². The molecule has 4 heteroatoms. The van der Waals surface area contributed by atoms with Crippen LogP contribution in [0.5, 0.6) is 0 Å². The molecule has 24 aromatic carbocycles. The molecule has 4 aliphatic rings. The molecule has 4 aliphatic carbocycles. The van der Waals surface area contributed by atoms with Crippen LogP contribution in [0.15, 0.2) is 607 Å². The minimum atomic E-state index is -0.656. The van der Waals surface area contributed by atoms with Crippen molar-refractivity contribution < 1.29 is 0 Å². The highest BCUT2D eigenvalue weighted by Gasteiger charge is 2.56. The number of benzene rings is 24. The maximum atomic E-state index is 2.54. The van der Waals surface area contributed by atoms with Crippen molar-refractivity contribution in [1.29, 1.82) is 0 Å². The zero-order chi connectivity index (χ0) is 99.4. The fraction of sp³-hybridized carbons (Fsp3) is 0.0137. The number of para-hydroxylation sites is 4. The quantitative estimate of drug-likeness (QED) is 0.0754. The highest BCUT2D eigenvalue weighted by Crippen LogP contribution is 2.70. The first kappa shape index (κ1) is 89.3. The van der Waals surface area contributed by atoms with Crippen LogP contribution in [-0.4, -0.2) is 0 Å². The van der Waals surface area contributed by atoms with Crippen LogP contribution >= 0.6 is 0 Å². The molecule has 150 heavy (non-hydrogen) atoms. The lowest BCUT2D eigenvalue weighted by Gasteiger charge is -2.34. The zero-order valence-corrected chi connectivity index (χ0v) is 82.5. The van der Waals surface area contributed by atoms with E-state index in [2.05, 4.69) is 626 Å². The van der Waals surface area contributed by atoms with Gasteiger partial charge in [0, 0.05) is 67.3 Å². The Morgan fingerprint density at radius 3 is 0.473 bits per heavy atom. The van der Waals surface area contributed by atoms with Gasteiger partial charge in [0.2, 0.25) is 0 Å². The minimum absolute atomic E-state index is 0.628. The number of anilines is 12. The summed E-state index contributed by atoms with van der Waals surface area (Å²) in [5.74, 6) is 0. The highest BCUT2D eigenvalue weighted by atomic mass is 15.2. The summed E-state index contributed by atoms with van der Waals surface area (Å²) in [6.45, 7) is 0. The lowest BCUT2D eigenvalue weighted by molar-refractivity contribution is 0.793. The lowest BCUT2D eigenvalue weighted by Crippen LogP contribution is -2.26. The second-order valence-electron chi connectivity index (χ2n) is 39.0. The van der Waals surface area contributed by atoms with E-state index in [4.69, 9.17) is 0 Å². The Bertz CT molecular complexity index is 8340. The van der Waals surface area contributed by atoms with Crippen molar-refractivity contribution in [3.63, 3.8) is 0 Å². The molecule has 28 rings (SSSR count). The summed E-state index contributed by atoms with van der Waals surface area (Å²) >= 11 is 0. The van der Waals surface area contributed by atoms with Crippen molar-refractivity contribution in [2.24, 2.45) is 0 Å². The van der Waals surface area contributed by atoms with Gasteiger partial charge in [-0.2, -0.15) is 0 Å². The van der Waals surface area contributed by atoms with Crippen LogP contribution in [0, 0.1) is 0 Å². The number of hydrogen-bond donors (Lipinski definition) is 0. The normalized spacial score (nSPS) is 12.4. The van der Waals surface area contributed by atoms with Crippen molar-refractivity contribution in [1.82, 2.24) is 0 Å². The molecule has 0 atom stereocenters. The van der Waals surface area contributed by atoms with Crippen molar-refractivity contribution in [3.8, 4) is 134 Å². The van der Waals surface area contributed by atoms with Gasteiger partial charge < -0.3 is 19.6 Å². The van der Waals surface area contributed by atoms with E-state index in [0.717, 1.165) is 113 Å². The summed E-state index contributed by atoms with van der Waals surface area (Å²) in [5.41, 5.74) is 50.8. The third-order valence-corrected chi connectivity index (χ3v) is 30.9. The largest absolute Gasteiger partial charge is 0.310 e. The maximum Gasteiger partial charge on any atom is 0.0727 e. The zero-order valence-electron chi connectivity index (χ0n) is 82.5. The summed E-state index contributed by atoms with van der Waals surface area (Å²) in [5, 5.41) is 0. The smallest absolute Gasteiger partial charge is 0.0727 e. The third-order valence-electron chi connectivity index (χ3n) is 30.9. The van der Waals surface area contributed by atoms with Gasteiger partial charge in [-0.05, 0) is 231 Å². The summed E-state index contributed by atoms with van der Waals surface area (Å²) < 4.78 is 0. The lowest BCUT2D eigenvalue weighted by atomic mass is 9.70. The van der Waals surface area contributed by atoms with E-state index in [1.54, 1.807) is 0 Å².